The summed E-state index contributed by atoms with van der Waals surface area (Å²) < 4.78 is 0. The van der Waals surface area contributed by atoms with Crippen molar-refractivity contribution in [2.45, 2.75) is 25.8 Å². The van der Waals surface area contributed by atoms with Crippen LogP contribution in [0.25, 0.3) is 0 Å². The van der Waals surface area contributed by atoms with Crippen LogP contribution in [-0.4, -0.2) is 36.6 Å². The summed E-state index contributed by atoms with van der Waals surface area (Å²) >= 11 is 0. The highest BCUT2D eigenvalue weighted by Gasteiger charge is 2.18. The number of pyridine rings is 1. The number of nitrogens with one attached hydrogen (secondary N) is 1. The second-order valence-electron chi connectivity index (χ2n) is 5.11. The zero-order chi connectivity index (χ0) is 12.1. The molecule has 0 amide bonds. The van der Waals surface area contributed by atoms with Crippen LogP contribution in [-0.2, 0) is 0 Å². The quantitative estimate of drug-likeness (QED) is 0.863. The third-order valence-electron chi connectivity index (χ3n) is 3.79. The first-order chi connectivity index (χ1) is 8.27. The molecule has 94 valence electrons. The van der Waals surface area contributed by atoms with E-state index in [1.165, 1.54) is 38.0 Å². The molecule has 3 heteroatoms. The van der Waals surface area contributed by atoms with Crippen LogP contribution in [0.3, 0.4) is 0 Å². The van der Waals surface area contributed by atoms with Crippen molar-refractivity contribution in [3.63, 3.8) is 0 Å². The number of piperidine rings is 1. The number of aromatic nitrogens is 1. The summed E-state index contributed by atoms with van der Waals surface area (Å²) in [5.74, 6) is 0.804. The SMILES string of the molecule is CC(c1ccncc1)N(C)CC1CCCNC1. The van der Waals surface area contributed by atoms with Crippen molar-refractivity contribution in [3.8, 4) is 0 Å². The highest BCUT2D eigenvalue weighted by atomic mass is 15.1. The highest BCUT2D eigenvalue weighted by molar-refractivity contribution is 5.14. The predicted octanol–water partition coefficient (Wildman–Crippen LogP) is 2.07. The maximum absolute atomic E-state index is 4.07. The van der Waals surface area contributed by atoms with E-state index < -0.39 is 0 Å². The fraction of sp³-hybridized carbons (Fsp3) is 0.643. The first kappa shape index (κ1) is 12.5. The second-order valence-corrected chi connectivity index (χ2v) is 5.11. The van der Waals surface area contributed by atoms with Gasteiger partial charge in [0.2, 0.25) is 0 Å². The molecule has 1 aliphatic rings. The van der Waals surface area contributed by atoms with E-state index in [0.717, 1.165) is 5.92 Å². The average molecular weight is 233 g/mol. The maximum atomic E-state index is 4.07. The molecule has 2 atom stereocenters. The van der Waals surface area contributed by atoms with Crippen molar-refractivity contribution in [2.75, 3.05) is 26.7 Å². The van der Waals surface area contributed by atoms with Crippen LogP contribution in [0.15, 0.2) is 24.5 Å². The Bertz CT molecular complexity index is 319. The first-order valence-corrected chi connectivity index (χ1v) is 6.58. The number of hydrogen-bond acceptors (Lipinski definition) is 3. The monoisotopic (exact) mass is 233 g/mol. The molecule has 0 radical (unpaired) electrons. The van der Waals surface area contributed by atoms with E-state index >= 15 is 0 Å². The van der Waals surface area contributed by atoms with Crippen molar-refractivity contribution in [3.05, 3.63) is 30.1 Å². The lowest BCUT2D eigenvalue weighted by atomic mass is 9.98. The third kappa shape index (κ3) is 3.51. The predicted molar refractivity (Wildman–Crippen MR) is 70.9 cm³/mol. The molecule has 1 aliphatic heterocycles. The lowest BCUT2D eigenvalue weighted by Crippen LogP contribution is -2.37. The lowest BCUT2D eigenvalue weighted by molar-refractivity contribution is 0.199. The smallest absolute Gasteiger partial charge is 0.0318 e. The summed E-state index contributed by atoms with van der Waals surface area (Å²) in [4.78, 5) is 6.53. The Balaban J connectivity index is 1.88. The molecule has 1 aromatic rings. The van der Waals surface area contributed by atoms with Crippen molar-refractivity contribution in [2.24, 2.45) is 5.92 Å². The largest absolute Gasteiger partial charge is 0.316 e. The first-order valence-electron chi connectivity index (χ1n) is 6.58. The van der Waals surface area contributed by atoms with E-state index in [1.807, 2.05) is 12.4 Å². The molecule has 1 saturated heterocycles. The van der Waals surface area contributed by atoms with Gasteiger partial charge >= 0.3 is 0 Å². The zero-order valence-corrected chi connectivity index (χ0v) is 10.9. The van der Waals surface area contributed by atoms with Gasteiger partial charge in [0.05, 0.1) is 0 Å². The molecule has 1 N–H and O–H groups in total. The molecule has 0 aromatic carbocycles. The van der Waals surface area contributed by atoms with Gasteiger partial charge in [-0.05, 0) is 63.5 Å². The van der Waals surface area contributed by atoms with E-state index in [2.05, 4.69) is 41.3 Å². The molecule has 0 saturated carbocycles. The minimum Gasteiger partial charge on any atom is -0.316 e. The van der Waals surface area contributed by atoms with Gasteiger partial charge in [-0.2, -0.15) is 0 Å². The summed E-state index contributed by atoms with van der Waals surface area (Å²) in [5, 5.41) is 3.48. The lowest BCUT2D eigenvalue weighted by Gasteiger charge is -2.31. The Morgan fingerprint density at radius 2 is 2.24 bits per heavy atom. The normalized spacial score (nSPS) is 22.6. The molecule has 0 bridgehead atoms. The Morgan fingerprint density at radius 3 is 2.88 bits per heavy atom. The Morgan fingerprint density at radius 1 is 1.47 bits per heavy atom. The van der Waals surface area contributed by atoms with Crippen molar-refractivity contribution < 1.29 is 0 Å². The second kappa shape index (κ2) is 6.12. The zero-order valence-electron chi connectivity index (χ0n) is 10.9. The van der Waals surface area contributed by atoms with Gasteiger partial charge in [-0.15, -0.1) is 0 Å². The van der Waals surface area contributed by atoms with Gasteiger partial charge in [-0.3, -0.25) is 9.88 Å². The van der Waals surface area contributed by atoms with Gasteiger partial charge in [-0.25, -0.2) is 0 Å². The fourth-order valence-electron chi connectivity index (χ4n) is 2.54. The van der Waals surface area contributed by atoms with Gasteiger partial charge in [0.25, 0.3) is 0 Å². The molecule has 17 heavy (non-hydrogen) atoms. The molecule has 2 heterocycles. The number of nitrogens with zero attached hydrogens (tertiary/aromatic N) is 2. The van der Waals surface area contributed by atoms with E-state index in [4.69, 9.17) is 0 Å². The fourth-order valence-corrected chi connectivity index (χ4v) is 2.54. The minimum atomic E-state index is 0.472. The van der Waals surface area contributed by atoms with Gasteiger partial charge in [0.15, 0.2) is 0 Å². The number of hydrogen-bond donors (Lipinski definition) is 1. The summed E-state index contributed by atoms with van der Waals surface area (Å²) in [6.45, 7) is 5.82. The van der Waals surface area contributed by atoms with E-state index in [-0.39, 0.29) is 0 Å². The van der Waals surface area contributed by atoms with Crippen molar-refractivity contribution in [1.29, 1.82) is 0 Å². The van der Waals surface area contributed by atoms with Gasteiger partial charge in [0.1, 0.15) is 0 Å². The summed E-state index contributed by atoms with van der Waals surface area (Å²) in [6, 6.07) is 4.69. The molecular weight excluding hydrogens is 210 g/mol. The van der Waals surface area contributed by atoms with Crippen LogP contribution in [0.1, 0.15) is 31.4 Å². The summed E-state index contributed by atoms with van der Waals surface area (Å²) in [6.07, 6.45) is 6.44. The standard InChI is InChI=1S/C14H23N3/c1-12(14-5-8-15-9-6-14)17(2)11-13-4-3-7-16-10-13/h5-6,8-9,12-13,16H,3-4,7,10-11H2,1-2H3. The molecule has 0 spiro atoms. The number of rotatable bonds is 4. The van der Waals surface area contributed by atoms with Crippen LogP contribution in [0, 0.1) is 5.92 Å². The highest BCUT2D eigenvalue weighted by Crippen LogP contribution is 2.20. The Kier molecular flexibility index (Phi) is 4.51. The molecule has 2 rings (SSSR count). The molecule has 1 aromatic heterocycles. The molecular formula is C14H23N3. The van der Waals surface area contributed by atoms with Crippen LogP contribution in [0.4, 0.5) is 0 Å². The third-order valence-corrected chi connectivity index (χ3v) is 3.79. The summed E-state index contributed by atoms with van der Waals surface area (Å²) in [5.41, 5.74) is 1.35. The van der Waals surface area contributed by atoms with E-state index in [9.17, 15) is 0 Å². The van der Waals surface area contributed by atoms with E-state index in [1.54, 1.807) is 0 Å². The molecule has 2 unspecified atom stereocenters. The van der Waals surface area contributed by atoms with Gasteiger partial charge in [-0.1, -0.05) is 0 Å². The molecule has 0 aliphatic carbocycles. The van der Waals surface area contributed by atoms with Crippen LogP contribution in [0.5, 0.6) is 0 Å². The van der Waals surface area contributed by atoms with E-state index in [0.29, 0.717) is 6.04 Å². The maximum Gasteiger partial charge on any atom is 0.0318 e. The van der Waals surface area contributed by atoms with Crippen molar-refractivity contribution in [1.82, 2.24) is 15.2 Å². The summed E-state index contributed by atoms with van der Waals surface area (Å²) in [7, 11) is 2.22. The minimum absolute atomic E-state index is 0.472. The van der Waals surface area contributed by atoms with Crippen LogP contribution >= 0.6 is 0 Å². The Labute approximate surface area is 104 Å². The topological polar surface area (TPSA) is 28.2 Å². The van der Waals surface area contributed by atoms with Gasteiger partial charge in [0, 0.05) is 25.0 Å². The van der Waals surface area contributed by atoms with Crippen LogP contribution < -0.4 is 5.32 Å². The van der Waals surface area contributed by atoms with Crippen molar-refractivity contribution >= 4 is 0 Å². The molecule has 3 nitrogen and oxygen atoms in total. The van der Waals surface area contributed by atoms with Crippen LogP contribution in [0.2, 0.25) is 0 Å². The molecule has 1 fully saturated rings. The van der Waals surface area contributed by atoms with Gasteiger partial charge < -0.3 is 5.32 Å². The average Bonchev–Trinajstić information content (AvgIpc) is 2.40. The Hall–Kier alpha value is -0.930.